The van der Waals surface area contributed by atoms with Crippen LogP contribution in [0.25, 0.3) is 43.8 Å². The molecule has 2 fully saturated rings. The molecule has 6 aromatic rings. The number of hydrogen-bond acceptors (Lipinski definition) is 0. The summed E-state index contributed by atoms with van der Waals surface area (Å²) in [4.78, 5) is 0. The normalized spacial score (nSPS) is 15.4. The summed E-state index contributed by atoms with van der Waals surface area (Å²) >= 11 is 1.36. The molecule has 0 aliphatic heterocycles. The molecule has 0 amide bonds. The second-order valence-corrected chi connectivity index (χ2v) is 17.8. The molecule has 60 heavy (non-hydrogen) atoms. The number of halogens is 2. The summed E-state index contributed by atoms with van der Waals surface area (Å²) in [5.74, 6) is 0. The molecule has 8 rings (SSSR count). The first-order valence-electron chi connectivity index (χ1n) is 22.1. The van der Waals surface area contributed by atoms with Gasteiger partial charge in [-0.15, -0.1) is 93.9 Å². The van der Waals surface area contributed by atoms with Gasteiger partial charge in [0, 0.05) is 0 Å². The Balaban J connectivity index is 0.000000373. The first-order chi connectivity index (χ1) is 27.4. The molecule has 6 aromatic carbocycles. The van der Waals surface area contributed by atoms with Crippen molar-refractivity contribution in [2.24, 2.45) is 10.8 Å². The van der Waals surface area contributed by atoms with E-state index in [2.05, 4.69) is 144 Å². The van der Waals surface area contributed by atoms with E-state index >= 15 is 0 Å². The van der Waals surface area contributed by atoms with Gasteiger partial charge in [0.05, 0.1) is 0 Å². The first kappa shape index (κ1) is 53.9. The van der Waals surface area contributed by atoms with Gasteiger partial charge < -0.3 is 14.9 Å². The molecule has 2 aliphatic carbocycles. The Morgan fingerprint density at radius 1 is 0.500 bits per heavy atom. The molecular formula is C56H74Cl2SiZr-4. The van der Waals surface area contributed by atoms with Gasteiger partial charge in [0.2, 0.25) is 0 Å². The summed E-state index contributed by atoms with van der Waals surface area (Å²) < 4.78 is 0. The van der Waals surface area contributed by atoms with E-state index in [0.29, 0.717) is 10.8 Å². The van der Waals surface area contributed by atoms with E-state index in [1.54, 1.807) is 11.1 Å². The summed E-state index contributed by atoms with van der Waals surface area (Å²) in [6.45, 7) is 12.1. The van der Waals surface area contributed by atoms with Crippen molar-refractivity contribution >= 4 is 53.2 Å². The van der Waals surface area contributed by atoms with Crippen molar-refractivity contribution in [2.45, 2.75) is 143 Å². The number of aryl methyl sites for hydroxylation is 2. The average Bonchev–Trinajstić information content (AvgIpc) is 3.64. The zero-order chi connectivity index (χ0) is 39.4. The predicted octanol–water partition coefficient (Wildman–Crippen LogP) is 17.8. The maximum absolute atomic E-state index is 3.06. The van der Waals surface area contributed by atoms with Crippen LogP contribution in [-0.2, 0) is 36.2 Å². The van der Waals surface area contributed by atoms with E-state index in [1.807, 2.05) is 0 Å². The van der Waals surface area contributed by atoms with E-state index in [0.717, 1.165) is 0 Å². The molecule has 0 nitrogen and oxygen atoms in total. The number of rotatable bonds is 10. The minimum atomic E-state index is 0. The Hall–Kier alpha value is -2.22. The average molecular weight is 937 g/mol. The number of hydrogen-bond donors (Lipinski definition) is 0. The fourth-order valence-corrected chi connectivity index (χ4v) is 10.7. The Morgan fingerprint density at radius 2 is 0.833 bits per heavy atom. The van der Waals surface area contributed by atoms with Crippen molar-refractivity contribution in [1.82, 2.24) is 0 Å². The van der Waals surface area contributed by atoms with Crippen LogP contribution >= 0.6 is 24.8 Å². The SMILES string of the molecule is CCCC1(Cc2cc3c(-c4ccc(C)cc4)cccc3[cH-]2)CCCCCC1.CCCC1(Cc2cc3c(-c4ccc(C)cc4)cccc3[cH-]2)CCCCCC1.Cl.Cl.[CH3-].[CH3-].[Si]=[Zr]. The van der Waals surface area contributed by atoms with Crippen LogP contribution in [0.1, 0.15) is 139 Å². The summed E-state index contributed by atoms with van der Waals surface area (Å²) in [5.41, 5.74) is 12.3. The summed E-state index contributed by atoms with van der Waals surface area (Å²) in [7, 11) is 0. The van der Waals surface area contributed by atoms with Crippen LogP contribution in [0.15, 0.2) is 109 Å². The fourth-order valence-electron chi connectivity index (χ4n) is 10.7. The van der Waals surface area contributed by atoms with E-state index in [9.17, 15) is 0 Å². The van der Waals surface area contributed by atoms with E-state index in [-0.39, 0.29) is 39.7 Å². The summed E-state index contributed by atoms with van der Waals surface area (Å²) in [5, 5.41) is 5.67. The Kier molecular flexibility index (Phi) is 23.7. The Bertz CT molecular complexity index is 1940. The molecule has 0 N–H and O–H groups in total. The van der Waals surface area contributed by atoms with Crippen molar-refractivity contribution in [3.8, 4) is 22.3 Å². The van der Waals surface area contributed by atoms with Crippen molar-refractivity contribution in [3.63, 3.8) is 0 Å². The Labute approximate surface area is 396 Å². The van der Waals surface area contributed by atoms with Gasteiger partial charge in [0.15, 0.2) is 0 Å². The van der Waals surface area contributed by atoms with Crippen LogP contribution < -0.4 is 0 Å². The van der Waals surface area contributed by atoms with Crippen LogP contribution in [-0.4, -0.2) is 6.88 Å². The topological polar surface area (TPSA) is 0 Å². The second-order valence-electron chi connectivity index (χ2n) is 17.8. The van der Waals surface area contributed by atoms with Crippen LogP contribution in [0.3, 0.4) is 0 Å². The third-order valence-corrected chi connectivity index (χ3v) is 13.4. The molecule has 0 heterocycles. The minimum absolute atomic E-state index is 0. The van der Waals surface area contributed by atoms with E-state index < -0.39 is 0 Å². The molecular weight excluding hydrogens is 863 g/mol. The van der Waals surface area contributed by atoms with Gasteiger partial charge in [0.25, 0.3) is 0 Å². The number of benzene rings is 4. The zero-order valence-corrected chi connectivity index (χ0v) is 43.0. The van der Waals surface area contributed by atoms with E-state index in [4.69, 9.17) is 0 Å². The standard InChI is InChI=1S/2C27H33.2CH3.2ClH.Si.Zr/c2*1-3-15-27(16-6-4-5-7-17-27)20-22-18-24-9-8-10-25(26(24)19-22)23-13-11-21(2)12-14-23;;;;;;/h2*8-14,18-19H,3-7,15-17,20H2,1-2H3;2*1H3;2*1H;;/q4*-1;;;;. The van der Waals surface area contributed by atoms with Crippen molar-refractivity contribution in [2.75, 3.05) is 0 Å². The summed E-state index contributed by atoms with van der Waals surface area (Å²) in [6.07, 6.45) is 25.1. The molecule has 2 radical (unpaired) electrons. The van der Waals surface area contributed by atoms with Gasteiger partial charge >= 0.3 is 30.2 Å². The fraction of sp³-hybridized carbons (Fsp3) is 0.429. The van der Waals surface area contributed by atoms with Gasteiger partial charge in [0.1, 0.15) is 0 Å². The summed E-state index contributed by atoms with van der Waals surface area (Å²) in [6, 6.07) is 41.4. The molecule has 0 saturated heterocycles. The quantitative estimate of drug-likeness (QED) is 0.0729. The molecule has 324 valence electrons. The van der Waals surface area contributed by atoms with Crippen molar-refractivity contribution in [3.05, 3.63) is 146 Å². The van der Waals surface area contributed by atoms with Crippen molar-refractivity contribution in [1.29, 1.82) is 0 Å². The zero-order valence-electron chi connectivity index (χ0n) is 37.9. The third-order valence-electron chi connectivity index (χ3n) is 13.4. The van der Waals surface area contributed by atoms with Gasteiger partial charge in [-0.1, -0.05) is 161 Å². The van der Waals surface area contributed by atoms with Gasteiger partial charge in [-0.25, -0.2) is 0 Å². The maximum atomic E-state index is 3.06. The molecule has 2 saturated carbocycles. The molecule has 4 heteroatoms. The monoisotopic (exact) mass is 934 g/mol. The van der Waals surface area contributed by atoms with Gasteiger partial charge in [-0.2, -0.15) is 12.1 Å². The molecule has 0 bridgehead atoms. The number of fused-ring (bicyclic) bond motifs is 2. The Morgan fingerprint density at radius 3 is 1.15 bits per heavy atom. The van der Waals surface area contributed by atoms with Crippen molar-refractivity contribution < 1.29 is 23.3 Å². The van der Waals surface area contributed by atoms with Gasteiger partial charge in [-0.3, -0.25) is 0 Å². The van der Waals surface area contributed by atoms with E-state index in [1.165, 1.54) is 194 Å². The molecule has 2 aliphatic rings. The second kappa shape index (κ2) is 26.4. The third kappa shape index (κ3) is 13.9. The predicted molar refractivity (Wildman–Crippen MR) is 270 cm³/mol. The molecule has 0 unspecified atom stereocenters. The first-order valence-corrected chi connectivity index (χ1v) is 26.3. The van der Waals surface area contributed by atoms with Crippen LogP contribution in [0.2, 0.25) is 0 Å². The van der Waals surface area contributed by atoms with Gasteiger partial charge in [-0.05, 0) is 87.2 Å². The molecule has 0 spiro atoms. The van der Waals surface area contributed by atoms with Crippen LogP contribution in [0.5, 0.6) is 0 Å². The van der Waals surface area contributed by atoms with Crippen LogP contribution in [0.4, 0.5) is 0 Å². The van der Waals surface area contributed by atoms with Crippen LogP contribution in [0, 0.1) is 39.5 Å². The molecule has 0 atom stereocenters. The molecule has 0 aromatic heterocycles.